The van der Waals surface area contributed by atoms with E-state index in [1.165, 1.54) is 42.5 Å². The molecule has 0 aliphatic carbocycles. The van der Waals surface area contributed by atoms with Crippen molar-refractivity contribution in [3.63, 3.8) is 0 Å². The van der Waals surface area contributed by atoms with Gasteiger partial charge in [0.2, 0.25) is 11.5 Å². The van der Waals surface area contributed by atoms with E-state index in [0.29, 0.717) is 39.5 Å². The minimum Gasteiger partial charge on any atom is -0.496 e. The van der Waals surface area contributed by atoms with Gasteiger partial charge in [-0.2, -0.15) is 0 Å². The van der Waals surface area contributed by atoms with Gasteiger partial charge in [0.15, 0.2) is 28.8 Å². The van der Waals surface area contributed by atoms with Crippen molar-refractivity contribution in [2.45, 2.75) is 19.3 Å². The van der Waals surface area contributed by atoms with Crippen LogP contribution in [0.5, 0.6) is 46.0 Å². The van der Waals surface area contributed by atoms with Crippen LogP contribution in [-0.4, -0.2) is 53.3 Å². The smallest absolute Gasteiger partial charge is 0.312 e. The monoisotopic (exact) mass is 576 g/mol. The highest BCUT2D eigenvalue weighted by Crippen LogP contribution is 2.51. The maximum Gasteiger partial charge on any atom is 0.312 e. The molecule has 0 spiro atoms. The van der Waals surface area contributed by atoms with E-state index in [1.807, 2.05) is 0 Å². The topological polar surface area (TPSA) is 125 Å². The molecular formula is C31H28O11. The highest BCUT2D eigenvalue weighted by Gasteiger charge is 2.39. The van der Waals surface area contributed by atoms with Gasteiger partial charge >= 0.3 is 11.9 Å². The Morgan fingerprint density at radius 2 is 1.43 bits per heavy atom. The summed E-state index contributed by atoms with van der Waals surface area (Å²) in [6.07, 6.45) is 1.50. The standard InChI is InChI=1S/C31H28O11/c1-15(32)40-31-25(38-5)9-16(10-26(31)39-6)19-13-27(33)41-20-8-7-18-29(34)24(42-30(18)28(19)20)12-17-11-22(36-3)23(37-4)14-21(17)35-2/h7-12,14,19H,13H2,1-6H3/b24-12+. The van der Waals surface area contributed by atoms with Crippen LogP contribution in [0.15, 0.2) is 42.2 Å². The SMILES string of the molecule is COc1cc(OC)c(OC)cc1/C=C1/Oc2c(ccc3c2C(c2cc(OC)c(OC(C)=O)c(OC)c2)CC(=O)O3)C1=O. The molecule has 218 valence electrons. The van der Waals surface area contributed by atoms with Crippen LogP contribution in [0.4, 0.5) is 0 Å². The molecule has 2 aliphatic heterocycles. The fourth-order valence-electron chi connectivity index (χ4n) is 5.04. The van der Waals surface area contributed by atoms with Crippen LogP contribution in [0.1, 0.15) is 46.3 Å². The summed E-state index contributed by atoms with van der Waals surface area (Å²) in [5.41, 5.74) is 1.94. The number of allylic oxidation sites excluding steroid dienone is 1. The number of hydrogen-bond acceptors (Lipinski definition) is 11. The van der Waals surface area contributed by atoms with Crippen LogP contribution >= 0.6 is 0 Å². The minimum atomic E-state index is -0.604. The lowest BCUT2D eigenvalue weighted by Gasteiger charge is -2.27. The molecule has 0 radical (unpaired) electrons. The second-order valence-corrected chi connectivity index (χ2v) is 9.32. The molecule has 3 aromatic rings. The van der Waals surface area contributed by atoms with Gasteiger partial charge in [-0.05, 0) is 42.0 Å². The zero-order chi connectivity index (χ0) is 30.1. The third kappa shape index (κ3) is 4.93. The molecular weight excluding hydrogens is 548 g/mol. The Labute approximate surface area is 241 Å². The predicted octanol–water partition coefficient (Wildman–Crippen LogP) is 4.71. The van der Waals surface area contributed by atoms with Gasteiger partial charge in [-0.15, -0.1) is 0 Å². The van der Waals surface area contributed by atoms with Crippen molar-refractivity contribution in [1.29, 1.82) is 0 Å². The highest BCUT2D eigenvalue weighted by atomic mass is 16.6. The largest absolute Gasteiger partial charge is 0.496 e. The van der Waals surface area contributed by atoms with Gasteiger partial charge < -0.3 is 37.9 Å². The van der Waals surface area contributed by atoms with E-state index in [9.17, 15) is 14.4 Å². The molecule has 0 fully saturated rings. The molecule has 0 amide bonds. The molecule has 0 saturated carbocycles. The summed E-state index contributed by atoms with van der Waals surface area (Å²) >= 11 is 0. The predicted molar refractivity (Wildman–Crippen MR) is 148 cm³/mol. The van der Waals surface area contributed by atoms with Crippen LogP contribution in [0.25, 0.3) is 6.08 Å². The van der Waals surface area contributed by atoms with E-state index in [-0.39, 0.29) is 46.7 Å². The fourth-order valence-corrected chi connectivity index (χ4v) is 5.04. The summed E-state index contributed by atoms with van der Waals surface area (Å²) in [6.45, 7) is 1.26. The van der Waals surface area contributed by atoms with Gasteiger partial charge in [-0.1, -0.05) is 0 Å². The van der Waals surface area contributed by atoms with E-state index >= 15 is 0 Å². The number of carbonyl (C=O) groups is 3. The maximum absolute atomic E-state index is 13.5. The first-order valence-corrected chi connectivity index (χ1v) is 12.8. The number of ketones is 1. The Bertz CT molecular complexity index is 1610. The van der Waals surface area contributed by atoms with Crippen LogP contribution in [0, 0.1) is 0 Å². The first-order chi connectivity index (χ1) is 20.2. The first-order valence-electron chi connectivity index (χ1n) is 12.8. The van der Waals surface area contributed by atoms with Crippen LogP contribution in [-0.2, 0) is 9.59 Å². The molecule has 0 aromatic heterocycles. The van der Waals surface area contributed by atoms with Gasteiger partial charge in [-0.3, -0.25) is 14.4 Å². The molecule has 2 aliphatic rings. The lowest BCUT2D eigenvalue weighted by molar-refractivity contribution is -0.135. The summed E-state index contributed by atoms with van der Waals surface area (Å²) in [5.74, 6) is 0.482. The number of fused-ring (bicyclic) bond motifs is 3. The average Bonchev–Trinajstić information content (AvgIpc) is 3.30. The quantitative estimate of drug-likeness (QED) is 0.210. The maximum atomic E-state index is 13.5. The molecule has 2 heterocycles. The van der Waals surface area contributed by atoms with E-state index in [0.717, 1.165) is 0 Å². The van der Waals surface area contributed by atoms with Gasteiger partial charge in [-0.25, -0.2) is 0 Å². The summed E-state index contributed by atoms with van der Waals surface area (Å²) < 4.78 is 44.3. The number of benzene rings is 3. The van der Waals surface area contributed by atoms with Crippen molar-refractivity contribution >= 4 is 23.8 Å². The van der Waals surface area contributed by atoms with Crippen molar-refractivity contribution in [2.24, 2.45) is 0 Å². The number of esters is 2. The number of rotatable bonds is 8. The Morgan fingerprint density at radius 3 is 2.02 bits per heavy atom. The van der Waals surface area contributed by atoms with Gasteiger partial charge in [0.1, 0.15) is 17.2 Å². The zero-order valence-corrected chi connectivity index (χ0v) is 23.8. The van der Waals surface area contributed by atoms with Crippen molar-refractivity contribution in [3.05, 3.63) is 64.4 Å². The van der Waals surface area contributed by atoms with E-state index in [1.54, 1.807) is 42.5 Å². The lowest BCUT2D eigenvalue weighted by atomic mass is 9.84. The molecule has 0 saturated heterocycles. The molecule has 11 nitrogen and oxygen atoms in total. The lowest BCUT2D eigenvalue weighted by Crippen LogP contribution is -2.21. The summed E-state index contributed by atoms with van der Waals surface area (Å²) in [6, 6.07) is 9.75. The fraction of sp³-hybridized carbons (Fsp3) is 0.258. The van der Waals surface area contributed by atoms with Gasteiger partial charge in [0, 0.05) is 30.0 Å². The molecule has 11 heteroatoms. The van der Waals surface area contributed by atoms with Crippen molar-refractivity contribution < 1.29 is 52.3 Å². The minimum absolute atomic E-state index is 0.0416. The average molecular weight is 577 g/mol. The van der Waals surface area contributed by atoms with Crippen molar-refractivity contribution in [2.75, 3.05) is 35.5 Å². The number of methoxy groups -OCH3 is 5. The Kier molecular flexibility index (Phi) is 7.66. The molecule has 3 aromatic carbocycles. The molecule has 1 unspecified atom stereocenters. The number of Topliss-reactive ketones (excluding diaryl/α,β-unsaturated/α-hetero) is 1. The summed E-state index contributed by atoms with van der Waals surface area (Å²) in [7, 11) is 7.36. The van der Waals surface area contributed by atoms with Crippen molar-refractivity contribution in [3.8, 4) is 46.0 Å². The normalized spacial score (nSPS) is 16.1. The molecule has 0 N–H and O–H groups in total. The second kappa shape index (κ2) is 11.4. The molecule has 5 rings (SSSR count). The number of hydrogen-bond donors (Lipinski definition) is 0. The second-order valence-electron chi connectivity index (χ2n) is 9.32. The van der Waals surface area contributed by atoms with E-state index < -0.39 is 17.9 Å². The third-order valence-electron chi connectivity index (χ3n) is 6.93. The van der Waals surface area contributed by atoms with Gasteiger partial charge in [0.05, 0.1) is 47.5 Å². The summed E-state index contributed by atoms with van der Waals surface area (Å²) in [4.78, 5) is 37.9. The highest BCUT2D eigenvalue weighted by molar-refractivity contribution is 6.15. The van der Waals surface area contributed by atoms with Crippen LogP contribution < -0.4 is 37.9 Å². The van der Waals surface area contributed by atoms with E-state index in [4.69, 9.17) is 37.9 Å². The Hall–Kier alpha value is -5.19. The number of ether oxygens (including phenoxy) is 8. The first kappa shape index (κ1) is 28.3. The molecule has 42 heavy (non-hydrogen) atoms. The molecule has 0 bridgehead atoms. The Morgan fingerprint density at radius 1 is 0.810 bits per heavy atom. The molecule has 1 atom stereocenters. The van der Waals surface area contributed by atoms with Crippen LogP contribution in [0.2, 0.25) is 0 Å². The third-order valence-corrected chi connectivity index (χ3v) is 6.93. The van der Waals surface area contributed by atoms with Gasteiger partial charge in [0.25, 0.3) is 0 Å². The van der Waals surface area contributed by atoms with Crippen molar-refractivity contribution in [1.82, 2.24) is 0 Å². The van der Waals surface area contributed by atoms with E-state index in [2.05, 4.69) is 0 Å². The zero-order valence-electron chi connectivity index (χ0n) is 23.8. The Balaban J connectivity index is 1.62. The summed E-state index contributed by atoms with van der Waals surface area (Å²) in [5, 5.41) is 0. The number of carbonyl (C=O) groups excluding carboxylic acids is 3. The van der Waals surface area contributed by atoms with Crippen LogP contribution in [0.3, 0.4) is 0 Å².